The highest BCUT2D eigenvalue weighted by atomic mass is 79.9. The van der Waals surface area contributed by atoms with Gasteiger partial charge in [0.1, 0.15) is 6.33 Å². The Morgan fingerprint density at radius 1 is 1.25 bits per heavy atom. The van der Waals surface area contributed by atoms with Crippen molar-refractivity contribution < 1.29 is 4.74 Å². The zero-order valence-electron chi connectivity index (χ0n) is 11.4. The third-order valence-electron chi connectivity index (χ3n) is 4.03. The van der Waals surface area contributed by atoms with E-state index in [4.69, 9.17) is 4.74 Å². The molecule has 1 aliphatic carbocycles. The molecule has 20 heavy (non-hydrogen) atoms. The van der Waals surface area contributed by atoms with Gasteiger partial charge >= 0.3 is 0 Å². The number of alkyl halides is 1. The average molecular weight is 333 g/mol. The molecule has 1 aromatic heterocycles. The van der Waals surface area contributed by atoms with Gasteiger partial charge in [0.15, 0.2) is 0 Å². The first-order valence-electron chi connectivity index (χ1n) is 6.79. The number of hydrogen-bond acceptors (Lipinski definition) is 3. The fourth-order valence-corrected chi connectivity index (χ4v) is 3.72. The van der Waals surface area contributed by atoms with Gasteiger partial charge in [-0.3, -0.25) is 0 Å². The average Bonchev–Trinajstić information content (AvgIpc) is 3.30. The lowest BCUT2D eigenvalue weighted by Crippen LogP contribution is -2.23. The van der Waals surface area contributed by atoms with E-state index in [0.717, 1.165) is 12.1 Å². The number of rotatable bonds is 5. The second-order valence-electron chi connectivity index (χ2n) is 5.25. The molecule has 1 aromatic carbocycles. The molecular formula is C16H17BrN2O. The van der Waals surface area contributed by atoms with Gasteiger partial charge in [0.2, 0.25) is 5.88 Å². The first kappa shape index (κ1) is 13.6. The van der Waals surface area contributed by atoms with E-state index in [0.29, 0.717) is 10.7 Å². The maximum absolute atomic E-state index is 5.16. The van der Waals surface area contributed by atoms with Crippen LogP contribution in [0.15, 0.2) is 42.7 Å². The van der Waals surface area contributed by atoms with Crippen molar-refractivity contribution in [3.8, 4) is 5.88 Å². The van der Waals surface area contributed by atoms with Gasteiger partial charge in [-0.15, -0.1) is 0 Å². The van der Waals surface area contributed by atoms with E-state index in [1.807, 2.05) is 6.07 Å². The van der Waals surface area contributed by atoms with Crippen molar-refractivity contribution in [3.05, 3.63) is 54.0 Å². The summed E-state index contributed by atoms with van der Waals surface area (Å²) in [7, 11) is 1.63. The molecule has 0 aliphatic heterocycles. The highest BCUT2D eigenvalue weighted by Gasteiger charge is 2.49. The summed E-state index contributed by atoms with van der Waals surface area (Å²) < 4.78 is 5.16. The van der Waals surface area contributed by atoms with Gasteiger partial charge in [0, 0.05) is 28.4 Å². The molecular weight excluding hydrogens is 316 g/mol. The summed E-state index contributed by atoms with van der Waals surface area (Å²) in [6, 6.07) is 12.7. The van der Waals surface area contributed by atoms with Gasteiger partial charge in [-0.05, 0) is 18.4 Å². The lowest BCUT2D eigenvalue weighted by Gasteiger charge is -2.22. The minimum atomic E-state index is 0.263. The summed E-state index contributed by atoms with van der Waals surface area (Å²) in [6.45, 7) is 0. The van der Waals surface area contributed by atoms with Gasteiger partial charge in [-0.1, -0.05) is 46.3 Å². The molecule has 0 N–H and O–H groups in total. The Morgan fingerprint density at radius 3 is 2.65 bits per heavy atom. The van der Waals surface area contributed by atoms with Crippen LogP contribution in [-0.2, 0) is 11.8 Å². The number of ether oxygens (including phenoxy) is 1. The lowest BCUT2D eigenvalue weighted by atomic mass is 9.90. The predicted octanol–water partition coefficient (Wildman–Crippen LogP) is 3.52. The van der Waals surface area contributed by atoms with E-state index < -0.39 is 0 Å². The Kier molecular flexibility index (Phi) is 3.74. The van der Waals surface area contributed by atoms with Crippen LogP contribution in [0.2, 0.25) is 0 Å². The van der Waals surface area contributed by atoms with Crippen LogP contribution in [0.1, 0.15) is 24.1 Å². The molecule has 0 amide bonds. The van der Waals surface area contributed by atoms with Crippen LogP contribution in [0.25, 0.3) is 0 Å². The molecule has 0 bridgehead atoms. The Morgan fingerprint density at radius 2 is 2.00 bits per heavy atom. The number of nitrogens with zero attached hydrogens (tertiary/aromatic N) is 2. The molecule has 0 spiro atoms. The number of aromatic nitrogens is 2. The van der Waals surface area contributed by atoms with Crippen molar-refractivity contribution in [2.75, 3.05) is 7.11 Å². The summed E-state index contributed by atoms with van der Waals surface area (Å²) in [5, 5.41) is 0. The second kappa shape index (κ2) is 5.52. The van der Waals surface area contributed by atoms with E-state index in [-0.39, 0.29) is 5.41 Å². The van der Waals surface area contributed by atoms with Crippen molar-refractivity contribution in [1.29, 1.82) is 0 Å². The van der Waals surface area contributed by atoms with Crippen LogP contribution in [0.3, 0.4) is 0 Å². The third-order valence-corrected chi connectivity index (χ3v) is 5.23. The highest BCUT2D eigenvalue weighted by molar-refractivity contribution is 9.09. The molecule has 1 saturated carbocycles. The summed E-state index contributed by atoms with van der Waals surface area (Å²) in [6.07, 6.45) is 4.91. The Balaban J connectivity index is 1.78. The van der Waals surface area contributed by atoms with Crippen LogP contribution in [-0.4, -0.2) is 21.9 Å². The maximum Gasteiger partial charge on any atom is 0.216 e. The smallest absolute Gasteiger partial charge is 0.216 e. The third kappa shape index (κ3) is 2.57. The van der Waals surface area contributed by atoms with Gasteiger partial charge in [-0.25, -0.2) is 9.97 Å². The van der Waals surface area contributed by atoms with Crippen LogP contribution in [0, 0.1) is 0 Å². The summed E-state index contributed by atoms with van der Waals surface area (Å²) >= 11 is 3.88. The second-order valence-corrected chi connectivity index (χ2v) is 6.35. The van der Waals surface area contributed by atoms with Gasteiger partial charge < -0.3 is 4.74 Å². The maximum atomic E-state index is 5.16. The van der Waals surface area contributed by atoms with Crippen molar-refractivity contribution in [1.82, 2.24) is 9.97 Å². The highest BCUT2D eigenvalue weighted by Crippen LogP contribution is 2.54. The Hall–Kier alpha value is -1.42. The SMILES string of the molecule is COc1cc(CC(Br)C2(c3ccccc3)CC2)ncn1. The topological polar surface area (TPSA) is 35.0 Å². The van der Waals surface area contributed by atoms with E-state index in [2.05, 4.69) is 56.2 Å². The fraction of sp³-hybridized carbons (Fsp3) is 0.375. The van der Waals surface area contributed by atoms with Crippen molar-refractivity contribution in [2.45, 2.75) is 29.5 Å². The molecule has 4 heteroatoms. The first-order chi connectivity index (χ1) is 9.74. The van der Waals surface area contributed by atoms with E-state index in [1.54, 1.807) is 13.4 Å². The quantitative estimate of drug-likeness (QED) is 0.786. The number of methoxy groups -OCH3 is 1. The number of hydrogen-bond donors (Lipinski definition) is 0. The Labute approximate surface area is 127 Å². The molecule has 3 rings (SSSR count). The summed E-state index contributed by atoms with van der Waals surface area (Å²) in [5.41, 5.74) is 2.70. The lowest BCUT2D eigenvalue weighted by molar-refractivity contribution is 0.395. The normalized spacial score (nSPS) is 17.5. The van der Waals surface area contributed by atoms with Crippen LogP contribution < -0.4 is 4.74 Å². The molecule has 1 aliphatic rings. The zero-order valence-corrected chi connectivity index (χ0v) is 13.0. The van der Waals surface area contributed by atoms with Gasteiger partial charge in [0.05, 0.1) is 7.11 Å². The molecule has 0 radical (unpaired) electrons. The van der Waals surface area contributed by atoms with Gasteiger partial charge in [0.25, 0.3) is 0 Å². The largest absolute Gasteiger partial charge is 0.481 e. The van der Waals surface area contributed by atoms with Crippen LogP contribution in [0.5, 0.6) is 5.88 Å². The van der Waals surface area contributed by atoms with Gasteiger partial charge in [-0.2, -0.15) is 0 Å². The number of benzene rings is 1. The fourth-order valence-electron chi connectivity index (χ4n) is 2.67. The van der Waals surface area contributed by atoms with Crippen molar-refractivity contribution >= 4 is 15.9 Å². The molecule has 3 nitrogen and oxygen atoms in total. The summed E-state index contributed by atoms with van der Waals surface area (Å²) in [5.74, 6) is 0.624. The summed E-state index contributed by atoms with van der Waals surface area (Å²) in [4.78, 5) is 8.78. The Bertz CT molecular complexity index is 584. The number of halogens is 1. The van der Waals surface area contributed by atoms with E-state index in [9.17, 15) is 0 Å². The van der Waals surface area contributed by atoms with Crippen LogP contribution in [0.4, 0.5) is 0 Å². The molecule has 0 saturated heterocycles. The first-order valence-corrected chi connectivity index (χ1v) is 7.71. The van der Waals surface area contributed by atoms with Crippen LogP contribution >= 0.6 is 15.9 Å². The minimum absolute atomic E-state index is 0.263. The molecule has 1 fully saturated rings. The standard InChI is InChI=1S/C16H17BrN2O/c1-20-15-10-13(18-11-19-15)9-14(17)16(7-8-16)12-5-3-2-4-6-12/h2-6,10-11,14H,7-9H2,1H3. The van der Waals surface area contributed by atoms with Crippen molar-refractivity contribution in [3.63, 3.8) is 0 Å². The molecule has 1 heterocycles. The van der Waals surface area contributed by atoms with E-state index >= 15 is 0 Å². The van der Waals surface area contributed by atoms with Crippen molar-refractivity contribution in [2.24, 2.45) is 0 Å². The molecule has 104 valence electrons. The predicted molar refractivity (Wildman–Crippen MR) is 82.4 cm³/mol. The monoisotopic (exact) mass is 332 g/mol. The molecule has 1 atom stereocenters. The molecule has 2 aromatic rings. The van der Waals surface area contributed by atoms with E-state index in [1.165, 1.54) is 18.4 Å². The zero-order chi connectivity index (χ0) is 14.0. The minimum Gasteiger partial charge on any atom is -0.481 e. The molecule has 1 unspecified atom stereocenters.